The SMILES string of the molecule is CNCCC(O)C(O)c1cncc(C(F)(F)F)c1. The predicted octanol–water partition coefficient (Wildman–Crippen LogP) is 1.10. The van der Waals surface area contributed by atoms with Crippen molar-refractivity contribution in [3.05, 3.63) is 29.6 Å². The zero-order chi connectivity index (χ0) is 13.8. The van der Waals surface area contributed by atoms with Crippen LogP contribution in [0.4, 0.5) is 13.2 Å². The topological polar surface area (TPSA) is 65.4 Å². The van der Waals surface area contributed by atoms with Crippen LogP contribution in [0.1, 0.15) is 23.7 Å². The second kappa shape index (κ2) is 6.12. The van der Waals surface area contributed by atoms with E-state index in [2.05, 4.69) is 10.3 Å². The van der Waals surface area contributed by atoms with Gasteiger partial charge in [-0.25, -0.2) is 0 Å². The van der Waals surface area contributed by atoms with Crippen LogP contribution in [0.2, 0.25) is 0 Å². The summed E-state index contributed by atoms with van der Waals surface area (Å²) in [6, 6.07) is 0.792. The summed E-state index contributed by atoms with van der Waals surface area (Å²) in [5.41, 5.74) is -0.992. The fourth-order valence-corrected chi connectivity index (χ4v) is 1.45. The van der Waals surface area contributed by atoms with Crippen LogP contribution in [0.25, 0.3) is 0 Å². The van der Waals surface area contributed by atoms with Crippen LogP contribution in [0.15, 0.2) is 18.5 Å². The molecule has 1 aromatic rings. The summed E-state index contributed by atoms with van der Waals surface area (Å²) >= 11 is 0. The molecular weight excluding hydrogens is 249 g/mol. The number of pyridine rings is 1. The molecule has 0 radical (unpaired) electrons. The van der Waals surface area contributed by atoms with Crippen molar-refractivity contribution in [3.63, 3.8) is 0 Å². The Morgan fingerprint density at radius 1 is 1.33 bits per heavy atom. The largest absolute Gasteiger partial charge is 0.417 e. The Morgan fingerprint density at radius 2 is 2.00 bits per heavy atom. The molecule has 7 heteroatoms. The first-order valence-corrected chi connectivity index (χ1v) is 5.39. The van der Waals surface area contributed by atoms with Gasteiger partial charge in [0.05, 0.1) is 11.7 Å². The highest BCUT2D eigenvalue weighted by molar-refractivity contribution is 5.23. The van der Waals surface area contributed by atoms with Crippen molar-refractivity contribution >= 4 is 0 Å². The molecule has 0 saturated heterocycles. The fourth-order valence-electron chi connectivity index (χ4n) is 1.45. The van der Waals surface area contributed by atoms with Gasteiger partial charge in [-0.05, 0) is 26.1 Å². The highest BCUT2D eigenvalue weighted by atomic mass is 19.4. The molecule has 2 unspecified atom stereocenters. The number of aliphatic hydroxyl groups excluding tert-OH is 2. The number of aromatic nitrogens is 1. The van der Waals surface area contributed by atoms with E-state index in [1.54, 1.807) is 7.05 Å². The maximum absolute atomic E-state index is 12.4. The standard InChI is InChI=1S/C11H15F3N2O2/c1-15-3-2-9(17)10(18)7-4-8(6-16-5-7)11(12,13)14/h4-6,9-10,15,17-18H,2-3H2,1H3. The molecule has 4 nitrogen and oxygen atoms in total. The molecule has 0 aliphatic rings. The Bertz CT molecular complexity index is 385. The van der Waals surface area contributed by atoms with E-state index in [1.807, 2.05) is 0 Å². The third-order valence-corrected chi connectivity index (χ3v) is 2.48. The molecule has 3 N–H and O–H groups in total. The van der Waals surface area contributed by atoms with E-state index in [1.165, 1.54) is 0 Å². The number of rotatable bonds is 5. The molecule has 0 spiro atoms. The molecule has 0 saturated carbocycles. The van der Waals surface area contributed by atoms with Gasteiger partial charge in [0.2, 0.25) is 0 Å². The zero-order valence-corrected chi connectivity index (χ0v) is 9.78. The van der Waals surface area contributed by atoms with Crippen molar-refractivity contribution in [3.8, 4) is 0 Å². The Morgan fingerprint density at radius 3 is 2.56 bits per heavy atom. The van der Waals surface area contributed by atoms with E-state index in [0.717, 1.165) is 12.3 Å². The van der Waals surface area contributed by atoms with Gasteiger partial charge in [0.1, 0.15) is 6.10 Å². The van der Waals surface area contributed by atoms with Crippen LogP contribution in [0, 0.1) is 0 Å². The Kier molecular flexibility index (Phi) is 5.06. The quantitative estimate of drug-likeness (QED) is 0.745. The molecule has 0 aromatic carbocycles. The molecule has 102 valence electrons. The van der Waals surface area contributed by atoms with E-state index in [0.29, 0.717) is 12.7 Å². The van der Waals surface area contributed by atoms with Gasteiger partial charge in [-0.2, -0.15) is 13.2 Å². The van der Waals surface area contributed by atoms with Crippen LogP contribution in [-0.2, 0) is 6.18 Å². The van der Waals surface area contributed by atoms with Crippen LogP contribution in [-0.4, -0.2) is 34.9 Å². The summed E-state index contributed by atoms with van der Waals surface area (Å²) in [6.45, 7) is 0.449. The van der Waals surface area contributed by atoms with Crippen molar-refractivity contribution in [2.24, 2.45) is 0 Å². The molecule has 1 aromatic heterocycles. The monoisotopic (exact) mass is 264 g/mol. The highest BCUT2D eigenvalue weighted by Gasteiger charge is 2.32. The van der Waals surface area contributed by atoms with Gasteiger partial charge >= 0.3 is 6.18 Å². The van der Waals surface area contributed by atoms with Gasteiger partial charge in [-0.3, -0.25) is 4.98 Å². The summed E-state index contributed by atoms with van der Waals surface area (Å²) in [4.78, 5) is 3.43. The predicted molar refractivity (Wildman–Crippen MR) is 58.7 cm³/mol. The van der Waals surface area contributed by atoms with Crippen LogP contribution >= 0.6 is 0 Å². The van der Waals surface area contributed by atoms with Crippen LogP contribution in [0.5, 0.6) is 0 Å². The molecular formula is C11H15F3N2O2. The first kappa shape index (κ1) is 14.9. The summed E-state index contributed by atoms with van der Waals surface area (Å²) in [5, 5.41) is 22.1. The lowest BCUT2D eigenvalue weighted by Gasteiger charge is -2.18. The summed E-state index contributed by atoms with van der Waals surface area (Å²) in [7, 11) is 1.67. The van der Waals surface area contributed by atoms with Crippen molar-refractivity contribution in [1.82, 2.24) is 10.3 Å². The number of alkyl halides is 3. The fraction of sp³-hybridized carbons (Fsp3) is 0.545. The van der Waals surface area contributed by atoms with Gasteiger partial charge in [0.25, 0.3) is 0 Å². The molecule has 0 bridgehead atoms. The first-order chi connectivity index (χ1) is 8.36. The average molecular weight is 264 g/mol. The van der Waals surface area contributed by atoms with Gasteiger partial charge in [-0.15, -0.1) is 0 Å². The van der Waals surface area contributed by atoms with Crippen LogP contribution < -0.4 is 5.32 Å². The Balaban J connectivity index is 2.83. The smallest absolute Gasteiger partial charge is 0.390 e. The molecule has 0 aliphatic heterocycles. The normalized spacial score (nSPS) is 15.4. The number of nitrogens with one attached hydrogen (secondary N) is 1. The molecule has 0 aliphatic carbocycles. The second-order valence-corrected chi connectivity index (χ2v) is 3.91. The maximum atomic E-state index is 12.4. The van der Waals surface area contributed by atoms with E-state index in [-0.39, 0.29) is 12.0 Å². The third kappa shape index (κ3) is 3.94. The molecule has 1 rings (SSSR count). The van der Waals surface area contributed by atoms with Crippen molar-refractivity contribution in [1.29, 1.82) is 0 Å². The number of hydrogen-bond donors (Lipinski definition) is 3. The highest BCUT2D eigenvalue weighted by Crippen LogP contribution is 2.30. The van der Waals surface area contributed by atoms with E-state index in [9.17, 15) is 23.4 Å². The van der Waals surface area contributed by atoms with Gasteiger partial charge in [0, 0.05) is 18.0 Å². The van der Waals surface area contributed by atoms with Gasteiger partial charge in [-0.1, -0.05) is 0 Å². The third-order valence-electron chi connectivity index (χ3n) is 2.48. The Hall–Kier alpha value is -1.18. The molecule has 2 atom stereocenters. The molecule has 1 heterocycles. The lowest BCUT2D eigenvalue weighted by molar-refractivity contribution is -0.138. The van der Waals surface area contributed by atoms with Crippen molar-refractivity contribution in [2.45, 2.75) is 24.8 Å². The minimum Gasteiger partial charge on any atom is -0.390 e. The summed E-state index contributed by atoms with van der Waals surface area (Å²) in [5.74, 6) is 0. The molecule has 0 amide bonds. The molecule has 18 heavy (non-hydrogen) atoms. The van der Waals surface area contributed by atoms with E-state index in [4.69, 9.17) is 0 Å². The Labute approximate surface area is 102 Å². The zero-order valence-electron chi connectivity index (χ0n) is 9.78. The van der Waals surface area contributed by atoms with Crippen LogP contribution in [0.3, 0.4) is 0 Å². The van der Waals surface area contributed by atoms with Crippen molar-refractivity contribution < 1.29 is 23.4 Å². The number of hydrogen-bond acceptors (Lipinski definition) is 4. The number of nitrogens with zero attached hydrogens (tertiary/aromatic N) is 1. The van der Waals surface area contributed by atoms with E-state index < -0.39 is 23.9 Å². The van der Waals surface area contributed by atoms with E-state index >= 15 is 0 Å². The van der Waals surface area contributed by atoms with Gasteiger partial charge < -0.3 is 15.5 Å². The first-order valence-electron chi connectivity index (χ1n) is 5.39. The number of aliphatic hydroxyl groups is 2. The van der Waals surface area contributed by atoms with Crippen molar-refractivity contribution in [2.75, 3.05) is 13.6 Å². The lowest BCUT2D eigenvalue weighted by Crippen LogP contribution is -2.23. The average Bonchev–Trinajstić information content (AvgIpc) is 2.34. The second-order valence-electron chi connectivity index (χ2n) is 3.91. The molecule has 0 fully saturated rings. The maximum Gasteiger partial charge on any atom is 0.417 e. The van der Waals surface area contributed by atoms with Gasteiger partial charge in [0.15, 0.2) is 0 Å². The number of halogens is 3. The lowest BCUT2D eigenvalue weighted by atomic mass is 10.0. The summed E-state index contributed by atoms with van der Waals surface area (Å²) in [6.07, 6.45) is -5.01. The minimum absolute atomic E-state index is 0.0478. The minimum atomic E-state index is -4.52. The summed E-state index contributed by atoms with van der Waals surface area (Å²) < 4.78 is 37.3.